The van der Waals surface area contributed by atoms with Gasteiger partial charge in [0.25, 0.3) is 0 Å². The van der Waals surface area contributed by atoms with Crippen LogP contribution in [0.4, 0.5) is 0 Å². The SMILES string of the molecule is CC1CCCC(NS(=O)(=O)Cc2ccc(C(=O)O)cc2)C1. The Morgan fingerprint density at radius 1 is 1.29 bits per heavy atom. The summed E-state index contributed by atoms with van der Waals surface area (Å²) in [5, 5.41) is 8.82. The molecule has 1 fully saturated rings. The highest BCUT2D eigenvalue weighted by Gasteiger charge is 2.23. The maximum Gasteiger partial charge on any atom is 0.335 e. The molecule has 0 spiro atoms. The van der Waals surface area contributed by atoms with Crippen LogP contribution in [-0.2, 0) is 15.8 Å². The molecule has 1 aromatic carbocycles. The largest absolute Gasteiger partial charge is 0.478 e. The molecule has 1 aliphatic rings. The van der Waals surface area contributed by atoms with Crippen LogP contribution in [0, 0.1) is 5.92 Å². The second-order valence-electron chi connectivity index (χ2n) is 5.85. The van der Waals surface area contributed by atoms with Gasteiger partial charge in [-0.3, -0.25) is 0 Å². The Hall–Kier alpha value is -1.40. The predicted octanol–water partition coefficient (Wildman–Crippen LogP) is 2.38. The van der Waals surface area contributed by atoms with Crippen LogP contribution in [0.2, 0.25) is 0 Å². The lowest BCUT2D eigenvalue weighted by Gasteiger charge is -2.27. The zero-order valence-corrected chi connectivity index (χ0v) is 12.9. The van der Waals surface area contributed by atoms with Gasteiger partial charge in [-0.05, 0) is 36.5 Å². The fourth-order valence-electron chi connectivity index (χ4n) is 2.80. The van der Waals surface area contributed by atoms with Crippen molar-refractivity contribution in [1.29, 1.82) is 0 Å². The Morgan fingerprint density at radius 2 is 1.95 bits per heavy atom. The molecule has 0 heterocycles. The minimum atomic E-state index is -3.39. The first-order valence-corrected chi connectivity index (χ1v) is 8.83. The van der Waals surface area contributed by atoms with Gasteiger partial charge in [0.15, 0.2) is 0 Å². The lowest BCUT2D eigenvalue weighted by molar-refractivity contribution is 0.0697. The number of hydrogen-bond acceptors (Lipinski definition) is 3. The van der Waals surface area contributed by atoms with Gasteiger partial charge in [0.05, 0.1) is 11.3 Å². The molecular weight excluding hydrogens is 290 g/mol. The van der Waals surface area contributed by atoms with Crippen molar-refractivity contribution in [3.05, 3.63) is 35.4 Å². The Kier molecular flexibility index (Phi) is 5.00. The van der Waals surface area contributed by atoms with E-state index in [1.165, 1.54) is 12.1 Å². The molecule has 21 heavy (non-hydrogen) atoms. The van der Waals surface area contributed by atoms with Crippen molar-refractivity contribution in [1.82, 2.24) is 4.72 Å². The number of carboxylic acid groups (broad SMARTS) is 1. The first-order chi connectivity index (χ1) is 9.85. The third-order valence-electron chi connectivity index (χ3n) is 3.84. The van der Waals surface area contributed by atoms with E-state index in [9.17, 15) is 13.2 Å². The van der Waals surface area contributed by atoms with Crippen LogP contribution in [-0.4, -0.2) is 25.5 Å². The van der Waals surface area contributed by atoms with Gasteiger partial charge in [-0.25, -0.2) is 17.9 Å². The highest BCUT2D eigenvalue weighted by Crippen LogP contribution is 2.24. The molecule has 0 aromatic heterocycles. The molecule has 0 saturated heterocycles. The molecule has 0 bridgehead atoms. The van der Waals surface area contributed by atoms with Crippen molar-refractivity contribution in [2.75, 3.05) is 0 Å². The van der Waals surface area contributed by atoms with E-state index < -0.39 is 16.0 Å². The van der Waals surface area contributed by atoms with Gasteiger partial charge in [-0.2, -0.15) is 0 Å². The molecule has 0 radical (unpaired) electrons. The standard InChI is InChI=1S/C15H21NO4S/c1-11-3-2-4-14(9-11)16-21(19,20)10-12-5-7-13(8-6-12)15(17)18/h5-8,11,14,16H,2-4,9-10H2,1H3,(H,17,18). The first kappa shape index (κ1) is 16.0. The summed E-state index contributed by atoms with van der Waals surface area (Å²) >= 11 is 0. The summed E-state index contributed by atoms with van der Waals surface area (Å²) in [4.78, 5) is 10.8. The van der Waals surface area contributed by atoms with Gasteiger partial charge >= 0.3 is 5.97 Å². The average Bonchev–Trinajstić information content (AvgIpc) is 2.38. The van der Waals surface area contributed by atoms with Crippen molar-refractivity contribution in [2.45, 2.75) is 44.4 Å². The summed E-state index contributed by atoms with van der Waals surface area (Å²) in [6.07, 6.45) is 4.00. The van der Waals surface area contributed by atoms with Crippen LogP contribution >= 0.6 is 0 Å². The van der Waals surface area contributed by atoms with Crippen LogP contribution in [0.15, 0.2) is 24.3 Å². The number of benzene rings is 1. The Labute approximate surface area is 125 Å². The number of carbonyl (C=O) groups is 1. The van der Waals surface area contributed by atoms with Crippen LogP contribution < -0.4 is 4.72 Å². The molecule has 1 aromatic rings. The summed E-state index contributed by atoms with van der Waals surface area (Å²) in [5.74, 6) is -0.572. The predicted molar refractivity (Wildman–Crippen MR) is 80.6 cm³/mol. The molecule has 1 aliphatic carbocycles. The second kappa shape index (κ2) is 6.58. The third-order valence-corrected chi connectivity index (χ3v) is 5.25. The highest BCUT2D eigenvalue weighted by molar-refractivity contribution is 7.88. The lowest BCUT2D eigenvalue weighted by atomic mass is 9.88. The maximum atomic E-state index is 12.2. The second-order valence-corrected chi connectivity index (χ2v) is 7.60. The topological polar surface area (TPSA) is 83.5 Å². The maximum absolute atomic E-state index is 12.2. The summed E-state index contributed by atoms with van der Waals surface area (Å²) in [6.45, 7) is 2.14. The van der Waals surface area contributed by atoms with E-state index in [1.807, 2.05) is 0 Å². The van der Waals surface area contributed by atoms with E-state index in [4.69, 9.17) is 5.11 Å². The number of nitrogens with one attached hydrogen (secondary N) is 1. The van der Waals surface area contributed by atoms with Crippen molar-refractivity contribution in [3.8, 4) is 0 Å². The molecule has 2 rings (SSSR count). The number of hydrogen-bond donors (Lipinski definition) is 2. The van der Waals surface area contributed by atoms with Crippen molar-refractivity contribution >= 4 is 16.0 Å². The molecule has 0 aliphatic heterocycles. The zero-order valence-electron chi connectivity index (χ0n) is 12.1. The molecular formula is C15H21NO4S. The van der Waals surface area contributed by atoms with Crippen LogP contribution in [0.5, 0.6) is 0 Å². The molecule has 1 saturated carbocycles. The average molecular weight is 311 g/mol. The van der Waals surface area contributed by atoms with Gasteiger partial charge in [0, 0.05) is 6.04 Å². The number of sulfonamides is 1. The Bertz CT molecular complexity index is 595. The van der Waals surface area contributed by atoms with E-state index in [1.54, 1.807) is 12.1 Å². The van der Waals surface area contributed by atoms with E-state index >= 15 is 0 Å². The van der Waals surface area contributed by atoms with Crippen molar-refractivity contribution in [3.63, 3.8) is 0 Å². The van der Waals surface area contributed by atoms with Gasteiger partial charge in [-0.1, -0.05) is 31.9 Å². The summed E-state index contributed by atoms with van der Waals surface area (Å²) < 4.78 is 27.1. The van der Waals surface area contributed by atoms with E-state index in [0.717, 1.165) is 25.7 Å². The fourth-order valence-corrected chi connectivity index (χ4v) is 4.24. The fraction of sp³-hybridized carbons (Fsp3) is 0.533. The third kappa shape index (κ3) is 4.82. The number of rotatable bonds is 5. The number of aromatic carboxylic acids is 1. The lowest BCUT2D eigenvalue weighted by Crippen LogP contribution is -2.38. The van der Waals surface area contributed by atoms with E-state index in [0.29, 0.717) is 11.5 Å². The summed E-state index contributed by atoms with van der Waals surface area (Å²) in [6, 6.07) is 5.97. The molecule has 116 valence electrons. The Morgan fingerprint density at radius 3 is 2.52 bits per heavy atom. The van der Waals surface area contributed by atoms with Crippen LogP contribution in [0.1, 0.15) is 48.5 Å². The molecule has 2 unspecified atom stereocenters. The molecule has 5 nitrogen and oxygen atoms in total. The van der Waals surface area contributed by atoms with Gasteiger partial charge in [0.1, 0.15) is 0 Å². The summed E-state index contributed by atoms with van der Waals surface area (Å²) in [7, 11) is -3.39. The quantitative estimate of drug-likeness (QED) is 0.874. The summed E-state index contributed by atoms with van der Waals surface area (Å²) in [5.41, 5.74) is 0.751. The van der Waals surface area contributed by atoms with E-state index in [-0.39, 0.29) is 17.4 Å². The van der Waals surface area contributed by atoms with Gasteiger partial charge in [0.2, 0.25) is 10.0 Å². The van der Waals surface area contributed by atoms with Crippen LogP contribution in [0.25, 0.3) is 0 Å². The number of carboxylic acids is 1. The molecule has 2 N–H and O–H groups in total. The van der Waals surface area contributed by atoms with Crippen molar-refractivity contribution < 1.29 is 18.3 Å². The smallest absolute Gasteiger partial charge is 0.335 e. The first-order valence-electron chi connectivity index (χ1n) is 7.18. The Balaban J connectivity index is 1.98. The van der Waals surface area contributed by atoms with E-state index in [2.05, 4.69) is 11.6 Å². The molecule has 0 amide bonds. The zero-order chi connectivity index (χ0) is 15.5. The molecule has 6 heteroatoms. The minimum Gasteiger partial charge on any atom is -0.478 e. The van der Waals surface area contributed by atoms with Crippen LogP contribution in [0.3, 0.4) is 0 Å². The monoisotopic (exact) mass is 311 g/mol. The molecule has 2 atom stereocenters. The van der Waals surface area contributed by atoms with Gasteiger partial charge in [-0.15, -0.1) is 0 Å². The normalized spacial score (nSPS) is 22.9. The highest BCUT2D eigenvalue weighted by atomic mass is 32.2. The van der Waals surface area contributed by atoms with Crippen molar-refractivity contribution in [2.24, 2.45) is 5.92 Å². The minimum absolute atomic E-state index is 0.0250. The van der Waals surface area contributed by atoms with Gasteiger partial charge < -0.3 is 5.11 Å².